The molecule has 0 fully saturated rings. The van der Waals surface area contributed by atoms with Gasteiger partial charge in [0, 0.05) is 32.7 Å². The van der Waals surface area contributed by atoms with E-state index in [2.05, 4.69) is 134 Å². The first kappa shape index (κ1) is 25.7. The molecular weight excluding hydrogens is 550 g/mol. The number of rotatable bonds is 3. The van der Waals surface area contributed by atoms with Crippen molar-refractivity contribution in [2.75, 3.05) is 0 Å². The number of aryl methyl sites for hydroxylation is 3. The van der Waals surface area contributed by atoms with Crippen LogP contribution in [0.25, 0.3) is 82.9 Å². The third-order valence-corrected chi connectivity index (χ3v) is 9.18. The lowest BCUT2D eigenvalue weighted by atomic mass is 9.92. The van der Waals surface area contributed by atoms with Crippen molar-refractivity contribution in [2.45, 2.75) is 20.8 Å². The van der Waals surface area contributed by atoms with Crippen molar-refractivity contribution in [1.82, 2.24) is 14.6 Å². The summed E-state index contributed by atoms with van der Waals surface area (Å²) in [5.41, 5.74) is 13.3. The van der Waals surface area contributed by atoms with Crippen LogP contribution in [0.5, 0.6) is 0 Å². The highest BCUT2D eigenvalue weighted by Gasteiger charge is 2.18. The second-order valence-corrected chi connectivity index (χ2v) is 12.1. The topological polar surface area (TPSA) is 43.3 Å². The molecular formula is C41H29N3O. The van der Waals surface area contributed by atoms with Gasteiger partial charge in [-0.2, -0.15) is 0 Å². The number of benzene rings is 6. The van der Waals surface area contributed by atoms with Gasteiger partial charge in [-0.3, -0.25) is 4.40 Å². The van der Waals surface area contributed by atoms with Gasteiger partial charge in [-0.15, -0.1) is 10.2 Å². The summed E-state index contributed by atoms with van der Waals surface area (Å²) in [7, 11) is 0. The van der Waals surface area contributed by atoms with Gasteiger partial charge in [-0.05, 0) is 72.2 Å². The van der Waals surface area contributed by atoms with E-state index in [9.17, 15) is 0 Å². The van der Waals surface area contributed by atoms with Crippen molar-refractivity contribution >= 4 is 49.3 Å². The fourth-order valence-electron chi connectivity index (χ4n) is 7.30. The summed E-state index contributed by atoms with van der Waals surface area (Å²) in [6.45, 7) is 6.57. The van der Waals surface area contributed by atoms with E-state index < -0.39 is 0 Å². The highest BCUT2D eigenvalue weighted by molar-refractivity contribution is 6.13. The fraction of sp³-hybridized carbons (Fsp3) is 0.0732. The van der Waals surface area contributed by atoms with Gasteiger partial charge in [0.05, 0.1) is 5.52 Å². The van der Waals surface area contributed by atoms with Crippen LogP contribution in [0, 0.1) is 20.8 Å². The second kappa shape index (κ2) is 9.63. The van der Waals surface area contributed by atoms with E-state index >= 15 is 0 Å². The van der Waals surface area contributed by atoms with Gasteiger partial charge in [0.25, 0.3) is 0 Å². The van der Waals surface area contributed by atoms with E-state index in [1.165, 1.54) is 38.6 Å². The van der Waals surface area contributed by atoms with Crippen LogP contribution in [-0.4, -0.2) is 14.6 Å². The van der Waals surface area contributed by atoms with E-state index in [4.69, 9.17) is 14.6 Å². The summed E-state index contributed by atoms with van der Waals surface area (Å²) >= 11 is 0. The molecule has 6 aromatic carbocycles. The maximum atomic E-state index is 6.32. The Morgan fingerprint density at radius 3 is 2.00 bits per heavy atom. The van der Waals surface area contributed by atoms with Gasteiger partial charge in [-0.1, -0.05) is 109 Å². The highest BCUT2D eigenvalue weighted by Crippen LogP contribution is 2.38. The van der Waals surface area contributed by atoms with Crippen LogP contribution in [0.3, 0.4) is 0 Å². The number of aromatic nitrogens is 3. The van der Waals surface area contributed by atoms with Gasteiger partial charge in [0.2, 0.25) is 0 Å². The first-order valence-electron chi connectivity index (χ1n) is 15.3. The molecule has 3 heterocycles. The molecule has 0 unspecified atom stereocenters. The zero-order chi connectivity index (χ0) is 30.2. The largest absolute Gasteiger partial charge is 0.455 e. The number of pyridine rings is 1. The van der Waals surface area contributed by atoms with Gasteiger partial charge in [0.1, 0.15) is 11.2 Å². The number of furan rings is 1. The maximum Gasteiger partial charge on any atom is 0.169 e. The average Bonchev–Trinajstić information content (AvgIpc) is 3.67. The van der Waals surface area contributed by atoms with Crippen LogP contribution in [-0.2, 0) is 0 Å². The number of hydrogen-bond acceptors (Lipinski definition) is 3. The minimum atomic E-state index is 0.824. The molecule has 0 aliphatic carbocycles. The molecule has 0 aliphatic heterocycles. The predicted molar refractivity (Wildman–Crippen MR) is 186 cm³/mol. The van der Waals surface area contributed by atoms with Crippen molar-refractivity contribution in [2.24, 2.45) is 0 Å². The average molecular weight is 580 g/mol. The molecule has 4 heteroatoms. The first-order valence-corrected chi connectivity index (χ1v) is 15.3. The second-order valence-electron chi connectivity index (χ2n) is 12.1. The molecule has 9 rings (SSSR count). The molecule has 0 atom stereocenters. The van der Waals surface area contributed by atoms with E-state index in [-0.39, 0.29) is 0 Å². The molecule has 45 heavy (non-hydrogen) atoms. The third-order valence-electron chi connectivity index (χ3n) is 9.18. The van der Waals surface area contributed by atoms with Gasteiger partial charge >= 0.3 is 0 Å². The number of hydrogen-bond donors (Lipinski definition) is 0. The molecule has 0 saturated heterocycles. The predicted octanol–water partition coefficient (Wildman–Crippen LogP) is 10.9. The smallest absolute Gasteiger partial charge is 0.169 e. The molecule has 4 nitrogen and oxygen atoms in total. The Balaban J connectivity index is 1.23. The Morgan fingerprint density at radius 2 is 1.20 bits per heavy atom. The lowest BCUT2D eigenvalue weighted by Crippen LogP contribution is -1.96. The first-order chi connectivity index (χ1) is 22.0. The van der Waals surface area contributed by atoms with Crippen molar-refractivity contribution < 1.29 is 4.42 Å². The Kier molecular flexibility index (Phi) is 5.51. The van der Waals surface area contributed by atoms with E-state index in [0.29, 0.717) is 0 Å². The van der Waals surface area contributed by atoms with Crippen LogP contribution >= 0.6 is 0 Å². The van der Waals surface area contributed by atoms with E-state index in [1.54, 1.807) is 0 Å². The van der Waals surface area contributed by atoms with Crippen molar-refractivity contribution in [3.63, 3.8) is 0 Å². The molecule has 9 aromatic rings. The Bertz CT molecular complexity index is 2600. The zero-order valence-corrected chi connectivity index (χ0v) is 25.3. The molecule has 0 saturated carbocycles. The Morgan fingerprint density at radius 1 is 0.533 bits per heavy atom. The normalized spacial score (nSPS) is 11.9. The minimum Gasteiger partial charge on any atom is -0.455 e. The van der Waals surface area contributed by atoms with Crippen molar-refractivity contribution in [1.29, 1.82) is 0 Å². The molecule has 0 N–H and O–H groups in total. The quantitative estimate of drug-likeness (QED) is 0.196. The van der Waals surface area contributed by atoms with Gasteiger partial charge in [-0.25, -0.2) is 0 Å². The molecule has 0 amide bonds. The minimum absolute atomic E-state index is 0.824. The summed E-state index contributed by atoms with van der Waals surface area (Å²) in [6.07, 6.45) is 0. The van der Waals surface area contributed by atoms with E-state index in [1.807, 2.05) is 12.1 Å². The SMILES string of the molecule is Cc1cc(C)c(-c2ccc3c(c2)c2ccccc2c2nnc(-c4ccc(-c5cccc6c5oc5ccccc56)cc4)n32)c(C)c1. The standard InChI is InChI=1S/C41H29N3O/c1-24-21-25(2)38(26(3)22-24)29-19-20-36-35(23-29)31-9-4-5-11-34(31)41-43-42-40(44(36)41)28-17-15-27(16-18-28)30-12-8-13-33-32-10-6-7-14-37(32)45-39(30)33/h4-23H,1-3H3. The monoisotopic (exact) mass is 579 g/mol. The molecule has 0 bridgehead atoms. The molecule has 0 radical (unpaired) electrons. The van der Waals surface area contributed by atoms with Crippen LogP contribution in [0.15, 0.2) is 126 Å². The van der Waals surface area contributed by atoms with Crippen LogP contribution in [0.4, 0.5) is 0 Å². The summed E-state index contributed by atoms with van der Waals surface area (Å²) in [5, 5.41) is 15.2. The van der Waals surface area contributed by atoms with E-state index in [0.717, 1.165) is 61.0 Å². The van der Waals surface area contributed by atoms with Gasteiger partial charge < -0.3 is 4.42 Å². The summed E-state index contributed by atoms with van der Waals surface area (Å²) in [6, 6.07) is 43.0. The number of nitrogens with zero attached hydrogens (tertiary/aromatic N) is 3. The van der Waals surface area contributed by atoms with Gasteiger partial charge in [0.15, 0.2) is 11.5 Å². The van der Waals surface area contributed by atoms with Crippen molar-refractivity contribution in [3.05, 3.63) is 138 Å². The number of para-hydroxylation sites is 2. The molecule has 0 aliphatic rings. The molecule has 214 valence electrons. The molecule has 3 aromatic heterocycles. The van der Waals surface area contributed by atoms with Crippen LogP contribution in [0.2, 0.25) is 0 Å². The van der Waals surface area contributed by atoms with Crippen LogP contribution in [0.1, 0.15) is 16.7 Å². The lowest BCUT2D eigenvalue weighted by Gasteiger charge is -2.15. The highest BCUT2D eigenvalue weighted by atomic mass is 16.3. The summed E-state index contributed by atoms with van der Waals surface area (Å²) in [5.74, 6) is 0.824. The Labute approximate surface area is 260 Å². The lowest BCUT2D eigenvalue weighted by molar-refractivity contribution is 0.670. The number of fused-ring (bicyclic) bond motifs is 9. The van der Waals surface area contributed by atoms with Crippen molar-refractivity contribution in [3.8, 4) is 33.6 Å². The Hall–Kier alpha value is -5.74. The zero-order valence-electron chi connectivity index (χ0n) is 25.3. The fourth-order valence-corrected chi connectivity index (χ4v) is 7.30. The maximum absolute atomic E-state index is 6.32. The molecule has 0 spiro atoms. The summed E-state index contributed by atoms with van der Waals surface area (Å²) < 4.78 is 8.54. The third kappa shape index (κ3) is 3.85. The van der Waals surface area contributed by atoms with Crippen LogP contribution < -0.4 is 0 Å². The summed E-state index contributed by atoms with van der Waals surface area (Å²) in [4.78, 5) is 0.